The maximum absolute atomic E-state index is 11.2. The molecule has 0 saturated carbocycles. The number of phosphoric ester groups is 1. The average molecular weight is 464 g/mol. The first-order chi connectivity index (χ1) is 12.5. The van der Waals surface area contributed by atoms with Gasteiger partial charge in [-0.25, -0.2) is 4.57 Å². The van der Waals surface area contributed by atoms with E-state index in [-0.39, 0.29) is 37.7 Å². The van der Waals surface area contributed by atoms with E-state index >= 15 is 0 Å². The molecule has 10 atom stereocenters. The van der Waals surface area contributed by atoms with Gasteiger partial charge in [0.05, 0.1) is 13.2 Å². The van der Waals surface area contributed by atoms with Crippen LogP contribution in [0.4, 0.5) is 0 Å². The molecule has 0 aliphatic carbocycles. The number of ether oxygens (including phenoxy) is 3. The zero-order chi connectivity index (χ0) is 20.5. The molecule has 0 bridgehead atoms. The van der Waals surface area contributed by atoms with Crippen molar-refractivity contribution in [1.29, 1.82) is 0 Å². The van der Waals surface area contributed by atoms with Crippen LogP contribution < -0.4 is 0 Å². The molecule has 164 valence electrons. The third-order valence-corrected chi connectivity index (χ3v) is 4.73. The monoisotopic (exact) mass is 464 g/mol. The summed E-state index contributed by atoms with van der Waals surface area (Å²) in [6.07, 6.45) is -17.6. The summed E-state index contributed by atoms with van der Waals surface area (Å²) in [7, 11) is -5.20. The van der Waals surface area contributed by atoms with Crippen LogP contribution in [0.15, 0.2) is 0 Å². The van der Waals surface area contributed by atoms with Crippen molar-refractivity contribution in [2.24, 2.45) is 0 Å². The van der Waals surface area contributed by atoms with Crippen molar-refractivity contribution >= 4 is 45.6 Å². The van der Waals surface area contributed by atoms with Crippen molar-refractivity contribution in [2.45, 2.75) is 61.4 Å². The molecule has 2 rings (SSSR count). The van der Waals surface area contributed by atoms with Crippen molar-refractivity contribution in [3.05, 3.63) is 0 Å². The third kappa shape index (κ3) is 6.24. The SMILES string of the molecule is O=P(O)(O)O[C@H]1[C@H](O[C@H]2[C@H](O)[C@@H](O)[C@H](O)O[C@@H]2CO)O[C@H](CO)[C@H](O)[C@@H]1O.[CaH2]. The van der Waals surface area contributed by atoms with Crippen LogP contribution in [0.3, 0.4) is 0 Å². The van der Waals surface area contributed by atoms with Crippen LogP contribution in [0, 0.1) is 0 Å². The minimum atomic E-state index is -5.20. The van der Waals surface area contributed by atoms with Gasteiger partial charge in [0.25, 0.3) is 0 Å². The van der Waals surface area contributed by atoms with Gasteiger partial charge >= 0.3 is 45.6 Å². The van der Waals surface area contributed by atoms with Crippen LogP contribution in [0.1, 0.15) is 0 Å². The van der Waals surface area contributed by atoms with Crippen LogP contribution in [-0.4, -0.2) is 158 Å². The molecule has 2 heterocycles. The predicted molar refractivity (Wildman–Crippen MR) is 88.1 cm³/mol. The Morgan fingerprint density at radius 2 is 1.32 bits per heavy atom. The number of aliphatic hydroxyl groups excluding tert-OH is 7. The van der Waals surface area contributed by atoms with E-state index in [9.17, 15) is 40.3 Å². The van der Waals surface area contributed by atoms with Gasteiger partial charge in [0.15, 0.2) is 12.6 Å². The van der Waals surface area contributed by atoms with Crippen LogP contribution in [-0.2, 0) is 23.3 Å². The Hall–Kier alpha value is 0.970. The second-order valence-corrected chi connectivity index (χ2v) is 7.29. The Morgan fingerprint density at radius 3 is 1.82 bits per heavy atom. The van der Waals surface area contributed by atoms with Gasteiger partial charge in [0.2, 0.25) is 0 Å². The molecule has 0 spiro atoms. The van der Waals surface area contributed by atoms with Crippen molar-refractivity contribution < 1.29 is 68.8 Å². The summed E-state index contributed by atoms with van der Waals surface area (Å²) in [6, 6.07) is 0. The number of hydrogen-bond donors (Lipinski definition) is 9. The second kappa shape index (κ2) is 11.0. The predicted octanol–water partition coefficient (Wildman–Crippen LogP) is -6.20. The molecule has 0 aromatic heterocycles. The van der Waals surface area contributed by atoms with Crippen LogP contribution >= 0.6 is 7.82 Å². The standard InChI is InChI=1S/C12H23O14P.Ca.2H/c13-1-3-5(15)6(16)10(26-27(20,21)22)12(24-3)25-9-4(2-14)23-11(19)8(18)7(9)17;;;/h3-19H,1-2H2,(H2,20,21,22);;;/t3-,4-,5+,6+,7-,8-,9-,10-,11-,12+;;;/m1.../s1. The summed E-state index contributed by atoms with van der Waals surface area (Å²) in [5, 5.41) is 67.7. The molecule has 0 amide bonds. The second-order valence-electron chi connectivity index (χ2n) is 6.10. The first-order valence-electron chi connectivity index (χ1n) is 7.82. The molecular weight excluding hydrogens is 439 g/mol. The van der Waals surface area contributed by atoms with Crippen molar-refractivity contribution in [3.63, 3.8) is 0 Å². The van der Waals surface area contributed by atoms with Gasteiger partial charge in [-0.1, -0.05) is 0 Å². The van der Waals surface area contributed by atoms with E-state index in [1.54, 1.807) is 0 Å². The molecule has 2 fully saturated rings. The third-order valence-electron chi connectivity index (χ3n) is 4.21. The number of rotatable bonds is 6. The fraction of sp³-hybridized carbons (Fsp3) is 1.00. The molecule has 9 N–H and O–H groups in total. The fourth-order valence-corrected chi connectivity index (χ4v) is 3.37. The Balaban J connectivity index is 0.00000392. The topological polar surface area (TPSA) is 236 Å². The normalized spacial score (nSPS) is 44.8. The molecule has 2 saturated heterocycles. The summed E-state index contributed by atoms with van der Waals surface area (Å²) in [5.41, 5.74) is 0. The summed E-state index contributed by atoms with van der Waals surface area (Å²) >= 11 is 0. The van der Waals surface area contributed by atoms with Crippen molar-refractivity contribution in [1.82, 2.24) is 0 Å². The van der Waals surface area contributed by atoms with Crippen molar-refractivity contribution in [3.8, 4) is 0 Å². The van der Waals surface area contributed by atoms with Gasteiger partial charge in [0, 0.05) is 0 Å². The maximum atomic E-state index is 11.2. The van der Waals surface area contributed by atoms with Gasteiger partial charge in [-0.05, 0) is 0 Å². The molecule has 16 heteroatoms. The zero-order valence-corrected chi connectivity index (χ0v) is 14.6. The number of aliphatic hydroxyl groups is 7. The quantitative estimate of drug-likeness (QED) is 0.131. The minimum absolute atomic E-state index is 0. The number of phosphoric acid groups is 1. The molecule has 14 nitrogen and oxygen atoms in total. The van der Waals surface area contributed by atoms with Gasteiger partial charge < -0.3 is 59.7 Å². The van der Waals surface area contributed by atoms with Crippen LogP contribution in [0.5, 0.6) is 0 Å². The fourth-order valence-electron chi connectivity index (χ4n) is 2.83. The molecule has 0 unspecified atom stereocenters. The van der Waals surface area contributed by atoms with E-state index < -0.39 is 82.4 Å². The van der Waals surface area contributed by atoms with E-state index in [2.05, 4.69) is 4.52 Å². The summed E-state index contributed by atoms with van der Waals surface area (Å²) in [6.45, 7) is -1.61. The Labute approximate surface area is 188 Å². The molecular formula is C12H25CaO14P. The van der Waals surface area contributed by atoms with E-state index in [1.165, 1.54) is 0 Å². The molecule has 0 radical (unpaired) electrons. The molecule has 0 aromatic rings. The van der Waals surface area contributed by atoms with Gasteiger partial charge in [-0.15, -0.1) is 0 Å². The average Bonchev–Trinajstić information content (AvgIpc) is 2.60. The van der Waals surface area contributed by atoms with E-state index in [4.69, 9.17) is 24.0 Å². The molecule has 2 aliphatic rings. The molecule has 2 aliphatic heterocycles. The Kier molecular flexibility index (Phi) is 10.6. The summed E-state index contributed by atoms with van der Waals surface area (Å²) < 4.78 is 30.8. The van der Waals surface area contributed by atoms with Gasteiger partial charge in [-0.2, -0.15) is 0 Å². The Morgan fingerprint density at radius 1 is 0.786 bits per heavy atom. The first-order valence-corrected chi connectivity index (χ1v) is 9.35. The first kappa shape index (κ1) is 27.0. The summed E-state index contributed by atoms with van der Waals surface area (Å²) in [5.74, 6) is 0. The Bertz CT molecular complexity index is 532. The van der Waals surface area contributed by atoms with Crippen LogP contribution in [0.25, 0.3) is 0 Å². The van der Waals surface area contributed by atoms with Crippen molar-refractivity contribution in [2.75, 3.05) is 13.2 Å². The number of hydrogen-bond acceptors (Lipinski definition) is 12. The van der Waals surface area contributed by atoms with Gasteiger partial charge in [-0.3, -0.25) is 4.52 Å². The zero-order valence-electron chi connectivity index (χ0n) is 13.7. The van der Waals surface area contributed by atoms with E-state index in [0.717, 1.165) is 0 Å². The van der Waals surface area contributed by atoms with Crippen LogP contribution in [0.2, 0.25) is 0 Å². The van der Waals surface area contributed by atoms with Gasteiger partial charge in [0.1, 0.15) is 48.8 Å². The van der Waals surface area contributed by atoms with E-state index in [0.29, 0.717) is 0 Å². The molecule has 0 aromatic carbocycles. The molecule has 28 heavy (non-hydrogen) atoms. The summed E-state index contributed by atoms with van der Waals surface area (Å²) in [4.78, 5) is 18.0. The van der Waals surface area contributed by atoms with E-state index in [1.807, 2.05) is 0 Å².